The third-order valence-electron chi connectivity index (χ3n) is 2.76. The minimum atomic E-state index is -1.20. The minimum absolute atomic E-state index is 0.146. The van der Waals surface area contributed by atoms with Gasteiger partial charge < -0.3 is 14.3 Å². The minimum Gasteiger partial charge on any atom is -0.465 e. The molecule has 0 amide bonds. The van der Waals surface area contributed by atoms with Gasteiger partial charge in [0.2, 0.25) is 0 Å². The summed E-state index contributed by atoms with van der Waals surface area (Å²) < 4.78 is 9.81. The molecule has 0 aliphatic heterocycles. The zero-order chi connectivity index (χ0) is 15.0. The first-order chi connectivity index (χ1) is 9.65. The van der Waals surface area contributed by atoms with Crippen molar-refractivity contribution in [3.05, 3.63) is 35.9 Å². The van der Waals surface area contributed by atoms with Crippen molar-refractivity contribution in [3.63, 3.8) is 0 Å². The zero-order valence-electron chi connectivity index (χ0n) is 11.6. The van der Waals surface area contributed by atoms with Crippen LogP contribution in [0.1, 0.15) is 25.3 Å². The van der Waals surface area contributed by atoms with Crippen LogP contribution in [0.2, 0.25) is 0 Å². The molecule has 0 bridgehead atoms. The lowest BCUT2D eigenvalue weighted by molar-refractivity contribution is -0.157. The fourth-order valence-electron chi connectivity index (χ4n) is 1.89. The van der Waals surface area contributed by atoms with Gasteiger partial charge in [0.1, 0.15) is 18.1 Å². The molecule has 0 unspecified atom stereocenters. The van der Waals surface area contributed by atoms with Crippen molar-refractivity contribution in [1.82, 2.24) is 0 Å². The van der Waals surface area contributed by atoms with E-state index in [-0.39, 0.29) is 13.2 Å². The molecule has 1 aromatic carbocycles. The van der Waals surface area contributed by atoms with E-state index in [1.165, 1.54) is 0 Å². The Morgan fingerprint density at radius 1 is 1.05 bits per heavy atom. The number of benzene rings is 1. The molecule has 108 valence electrons. The van der Waals surface area contributed by atoms with Gasteiger partial charge >= 0.3 is 11.9 Å². The summed E-state index contributed by atoms with van der Waals surface area (Å²) >= 11 is 0. The van der Waals surface area contributed by atoms with Gasteiger partial charge in [-0.05, 0) is 19.4 Å². The molecule has 0 aromatic heterocycles. The average molecular weight is 278 g/mol. The third-order valence-corrected chi connectivity index (χ3v) is 2.76. The summed E-state index contributed by atoms with van der Waals surface area (Å²) in [5, 5.41) is 0. The lowest BCUT2D eigenvalue weighted by Crippen LogP contribution is -2.32. The van der Waals surface area contributed by atoms with Gasteiger partial charge in [0.05, 0.1) is 13.2 Å². The van der Waals surface area contributed by atoms with E-state index >= 15 is 0 Å². The molecule has 20 heavy (non-hydrogen) atoms. The summed E-state index contributed by atoms with van der Waals surface area (Å²) in [6, 6.07) is 8.60. The lowest BCUT2D eigenvalue weighted by Gasteiger charge is -2.20. The van der Waals surface area contributed by atoms with E-state index in [1.807, 2.05) is 0 Å². The maximum absolute atomic E-state index is 12.1. The van der Waals surface area contributed by atoms with Crippen molar-refractivity contribution < 1.29 is 23.9 Å². The highest BCUT2D eigenvalue weighted by Gasteiger charge is 2.37. The van der Waals surface area contributed by atoms with Crippen LogP contribution < -0.4 is 0 Å². The van der Waals surface area contributed by atoms with Crippen LogP contribution in [0, 0.1) is 5.92 Å². The molecule has 0 N–H and O–H groups in total. The van der Waals surface area contributed by atoms with Crippen molar-refractivity contribution in [2.45, 2.75) is 19.8 Å². The van der Waals surface area contributed by atoms with Crippen LogP contribution in [0.15, 0.2) is 30.3 Å². The molecule has 0 aliphatic carbocycles. The molecular weight excluding hydrogens is 260 g/mol. The van der Waals surface area contributed by atoms with Crippen LogP contribution in [-0.2, 0) is 23.9 Å². The van der Waals surface area contributed by atoms with Crippen LogP contribution in [0.4, 0.5) is 0 Å². The van der Waals surface area contributed by atoms with Crippen LogP contribution >= 0.6 is 0 Å². The zero-order valence-corrected chi connectivity index (χ0v) is 11.6. The highest BCUT2D eigenvalue weighted by molar-refractivity contribution is 5.96. The Morgan fingerprint density at radius 3 is 2.10 bits per heavy atom. The van der Waals surface area contributed by atoms with Crippen molar-refractivity contribution in [2.75, 3.05) is 13.2 Å². The van der Waals surface area contributed by atoms with Gasteiger partial charge in [-0.1, -0.05) is 30.3 Å². The first-order valence-electron chi connectivity index (χ1n) is 6.49. The van der Waals surface area contributed by atoms with Crippen molar-refractivity contribution in [2.24, 2.45) is 5.92 Å². The second-order valence-electron chi connectivity index (χ2n) is 4.05. The predicted molar refractivity (Wildman–Crippen MR) is 72.0 cm³/mol. The van der Waals surface area contributed by atoms with Crippen molar-refractivity contribution in [1.29, 1.82) is 0 Å². The highest BCUT2D eigenvalue weighted by atomic mass is 16.5. The second kappa shape index (κ2) is 8.09. The number of ether oxygens (including phenoxy) is 2. The summed E-state index contributed by atoms with van der Waals surface area (Å²) in [6.45, 7) is 3.63. The molecule has 0 fully saturated rings. The van der Waals surface area contributed by atoms with Crippen LogP contribution in [0.5, 0.6) is 0 Å². The van der Waals surface area contributed by atoms with Crippen LogP contribution in [0.25, 0.3) is 0 Å². The summed E-state index contributed by atoms with van der Waals surface area (Å²) in [5.41, 5.74) is 0.552. The number of esters is 2. The third kappa shape index (κ3) is 3.91. The van der Waals surface area contributed by atoms with E-state index in [4.69, 9.17) is 9.47 Å². The largest absolute Gasteiger partial charge is 0.465 e. The van der Waals surface area contributed by atoms with Gasteiger partial charge in [0, 0.05) is 0 Å². The molecule has 5 nitrogen and oxygen atoms in total. The van der Waals surface area contributed by atoms with E-state index in [9.17, 15) is 14.4 Å². The van der Waals surface area contributed by atoms with Gasteiger partial charge in [-0.3, -0.25) is 9.59 Å². The van der Waals surface area contributed by atoms with Gasteiger partial charge in [-0.15, -0.1) is 0 Å². The number of hydrogen-bond donors (Lipinski definition) is 0. The van der Waals surface area contributed by atoms with E-state index in [2.05, 4.69) is 0 Å². The molecule has 0 heterocycles. The number of rotatable bonds is 7. The fraction of sp³-hybridized carbons (Fsp3) is 0.400. The molecule has 1 aromatic rings. The Hall–Kier alpha value is -2.17. The van der Waals surface area contributed by atoms with E-state index in [0.717, 1.165) is 0 Å². The number of carbonyl (C=O) groups excluding carboxylic acids is 3. The maximum Gasteiger partial charge on any atom is 0.317 e. The van der Waals surface area contributed by atoms with Gasteiger partial charge in [-0.2, -0.15) is 0 Å². The Labute approximate surface area is 117 Å². The Bertz CT molecular complexity index is 455. The molecule has 0 spiro atoms. The molecule has 2 atom stereocenters. The summed E-state index contributed by atoms with van der Waals surface area (Å²) in [7, 11) is 0. The van der Waals surface area contributed by atoms with E-state index in [1.54, 1.807) is 44.2 Å². The predicted octanol–water partition coefficient (Wildman–Crippen LogP) is 1.71. The molecular formula is C15H18O5. The number of aldehydes is 1. The summed E-state index contributed by atoms with van der Waals surface area (Å²) in [5.74, 6) is -3.50. The standard InChI is InChI=1S/C15H18O5/c1-3-19-14(17)12(10-16)13(15(18)20-4-2)11-8-6-5-7-9-11/h5-10,12-13H,3-4H2,1-2H3/t12-,13+/m1/s1. The Morgan fingerprint density at radius 2 is 1.60 bits per heavy atom. The lowest BCUT2D eigenvalue weighted by atomic mass is 9.87. The van der Waals surface area contributed by atoms with Crippen LogP contribution in [0.3, 0.4) is 0 Å². The molecule has 5 heteroatoms. The Kier molecular flexibility index (Phi) is 6.43. The first-order valence-corrected chi connectivity index (χ1v) is 6.49. The molecule has 0 saturated heterocycles. The summed E-state index contributed by atoms with van der Waals surface area (Å²) in [4.78, 5) is 35.1. The van der Waals surface area contributed by atoms with E-state index in [0.29, 0.717) is 11.8 Å². The molecule has 0 radical (unpaired) electrons. The topological polar surface area (TPSA) is 69.7 Å². The average Bonchev–Trinajstić information content (AvgIpc) is 2.45. The van der Waals surface area contributed by atoms with Gasteiger partial charge in [-0.25, -0.2) is 0 Å². The summed E-state index contributed by atoms with van der Waals surface area (Å²) in [6.07, 6.45) is 0.437. The normalized spacial score (nSPS) is 13.1. The monoisotopic (exact) mass is 278 g/mol. The van der Waals surface area contributed by atoms with Crippen molar-refractivity contribution >= 4 is 18.2 Å². The fourth-order valence-corrected chi connectivity index (χ4v) is 1.89. The number of hydrogen-bond acceptors (Lipinski definition) is 5. The highest BCUT2D eigenvalue weighted by Crippen LogP contribution is 2.26. The van der Waals surface area contributed by atoms with Crippen molar-refractivity contribution in [3.8, 4) is 0 Å². The smallest absolute Gasteiger partial charge is 0.317 e. The molecule has 0 aliphatic rings. The van der Waals surface area contributed by atoms with Crippen LogP contribution in [-0.4, -0.2) is 31.4 Å². The Balaban J connectivity index is 3.12. The van der Waals surface area contributed by atoms with Gasteiger partial charge in [0.25, 0.3) is 0 Å². The number of carbonyl (C=O) groups is 3. The molecule has 0 saturated carbocycles. The molecule has 1 rings (SSSR count). The van der Waals surface area contributed by atoms with Gasteiger partial charge in [0.15, 0.2) is 0 Å². The quantitative estimate of drug-likeness (QED) is 0.431. The maximum atomic E-state index is 12.1. The second-order valence-corrected chi connectivity index (χ2v) is 4.05. The first kappa shape index (κ1) is 15.9. The SMILES string of the molecule is CCOC(=O)[C@H](C=O)[C@@H](C(=O)OCC)c1ccccc1. The van der Waals surface area contributed by atoms with E-state index < -0.39 is 23.8 Å².